The number of aromatic hydroxyl groups is 1. The van der Waals surface area contributed by atoms with E-state index in [0.717, 1.165) is 18.4 Å². The largest absolute Gasteiger partial charge is 0.507 e. The highest BCUT2D eigenvalue weighted by Crippen LogP contribution is 2.35. The summed E-state index contributed by atoms with van der Waals surface area (Å²) in [5, 5.41) is 31.1. The molecule has 4 N–H and O–H groups in total. The van der Waals surface area contributed by atoms with Crippen molar-refractivity contribution in [1.82, 2.24) is 10.2 Å². The fourth-order valence-corrected chi connectivity index (χ4v) is 6.09. The van der Waals surface area contributed by atoms with Crippen LogP contribution in [0.25, 0.3) is 0 Å². The first kappa shape index (κ1) is 30.8. The number of aromatic carboxylic acids is 1. The molecule has 1 aliphatic heterocycles. The third-order valence-corrected chi connectivity index (χ3v) is 8.59. The zero-order valence-electron chi connectivity index (χ0n) is 21.9. The number of nitrogens with zero attached hydrogens (tertiary/aromatic N) is 1. The van der Waals surface area contributed by atoms with E-state index in [1.54, 1.807) is 6.07 Å². The molecule has 0 unspecified atom stereocenters. The normalized spacial score (nSPS) is 13.6. The summed E-state index contributed by atoms with van der Waals surface area (Å²) >= 11 is 13.0. The number of nitrogens with one attached hydrogen (secondary N) is 1. The van der Waals surface area contributed by atoms with Gasteiger partial charge in [0.25, 0.3) is 11.8 Å². The molecule has 0 aliphatic carbocycles. The maximum absolute atomic E-state index is 13.2. The Morgan fingerprint density at radius 3 is 2.38 bits per heavy atom. The van der Waals surface area contributed by atoms with Crippen LogP contribution >= 0.6 is 23.2 Å². The molecular weight excluding hydrogens is 611 g/mol. The highest BCUT2D eigenvalue weighted by Gasteiger charge is 2.30. The van der Waals surface area contributed by atoms with Gasteiger partial charge in [-0.3, -0.25) is 9.59 Å². The second-order valence-electron chi connectivity index (χ2n) is 9.69. The van der Waals surface area contributed by atoms with Crippen molar-refractivity contribution in [2.45, 2.75) is 30.3 Å². The molecule has 0 fully saturated rings. The second-order valence-corrected chi connectivity index (χ2v) is 12.5. The van der Waals surface area contributed by atoms with E-state index in [-0.39, 0.29) is 57.6 Å². The number of halogens is 2. The van der Waals surface area contributed by atoms with Gasteiger partial charge in [-0.15, -0.1) is 0 Å². The summed E-state index contributed by atoms with van der Waals surface area (Å²) in [5.74, 6) is -4.54. The molecule has 0 saturated carbocycles. The van der Waals surface area contributed by atoms with E-state index in [2.05, 4.69) is 5.32 Å². The van der Waals surface area contributed by atoms with Crippen LogP contribution in [0.4, 0.5) is 0 Å². The Kier molecular flexibility index (Phi) is 8.81. The Morgan fingerprint density at radius 1 is 1.05 bits per heavy atom. The number of benzene rings is 3. The van der Waals surface area contributed by atoms with Crippen LogP contribution in [-0.2, 0) is 34.0 Å². The maximum atomic E-state index is 13.2. The minimum atomic E-state index is -3.53. The van der Waals surface area contributed by atoms with Gasteiger partial charge in [0, 0.05) is 31.3 Å². The molecule has 220 valence electrons. The van der Waals surface area contributed by atoms with Crippen molar-refractivity contribution >= 4 is 56.8 Å². The molecule has 0 saturated heterocycles. The van der Waals surface area contributed by atoms with Crippen LogP contribution in [0, 0.1) is 0 Å². The minimum Gasteiger partial charge on any atom is -0.507 e. The summed E-state index contributed by atoms with van der Waals surface area (Å²) in [4.78, 5) is 50.8. The molecule has 14 heteroatoms. The van der Waals surface area contributed by atoms with Crippen LogP contribution in [-0.4, -0.2) is 71.2 Å². The number of hydrogen-bond acceptors (Lipinski definition) is 7. The van der Waals surface area contributed by atoms with E-state index in [0.29, 0.717) is 16.7 Å². The van der Waals surface area contributed by atoms with E-state index < -0.39 is 45.4 Å². The molecule has 2 amide bonds. The van der Waals surface area contributed by atoms with Gasteiger partial charge in [-0.1, -0.05) is 35.3 Å². The molecule has 3 aromatic rings. The third kappa shape index (κ3) is 6.51. The monoisotopic (exact) mass is 634 g/mol. The maximum Gasteiger partial charge on any atom is 0.339 e. The van der Waals surface area contributed by atoms with Crippen molar-refractivity contribution < 1.29 is 42.9 Å². The van der Waals surface area contributed by atoms with Crippen LogP contribution in [0.2, 0.25) is 10.0 Å². The average Bonchev–Trinajstić information content (AvgIpc) is 2.91. The number of rotatable bonds is 8. The van der Waals surface area contributed by atoms with Crippen LogP contribution in [0.5, 0.6) is 5.75 Å². The molecule has 1 heterocycles. The van der Waals surface area contributed by atoms with E-state index in [4.69, 9.17) is 28.3 Å². The number of hydrogen-bond donors (Lipinski definition) is 4. The Hall–Kier alpha value is -4.13. The van der Waals surface area contributed by atoms with Crippen LogP contribution in [0.15, 0.2) is 53.4 Å². The van der Waals surface area contributed by atoms with E-state index in [9.17, 15) is 37.8 Å². The lowest BCUT2D eigenvalue weighted by molar-refractivity contribution is -0.139. The number of carbonyl (C=O) groups excluding carboxylic acids is 2. The highest BCUT2D eigenvalue weighted by atomic mass is 35.5. The Labute approximate surface area is 250 Å². The SMILES string of the molecule is CS(=O)(=O)c1cccc(C[C@H](NC(=O)c2c(Cl)cc3c(c2Cl)CCN(C(=O)c2ccc(C(=O)O)c(O)c2)C3)C(=O)O)c1. The summed E-state index contributed by atoms with van der Waals surface area (Å²) in [6, 6.07) is 9.29. The van der Waals surface area contributed by atoms with E-state index in [1.807, 2.05) is 0 Å². The summed E-state index contributed by atoms with van der Waals surface area (Å²) in [7, 11) is -3.53. The number of phenols is 1. The first-order valence-corrected chi connectivity index (χ1v) is 15.0. The first-order valence-electron chi connectivity index (χ1n) is 12.4. The van der Waals surface area contributed by atoms with Crippen molar-refractivity contribution in [3.8, 4) is 5.75 Å². The summed E-state index contributed by atoms with van der Waals surface area (Å²) in [6.45, 7) is 0.246. The van der Waals surface area contributed by atoms with Gasteiger partial charge in [0.05, 0.1) is 20.5 Å². The fourth-order valence-electron chi connectivity index (χ4n) is 4.63. The molecular formula is C28H24Cl2N2O9S. The molecule has 11 nitrogen and oxygen atoms in total. The smallest absolute Gasteiger partial charge is 0.339 e. The number of carbonyl (C=O) groups is 4. The quantitative estimate of drug-likeness (QED) is 0.289. The van der Waals surface area contributed by atoms with Gasteiger partial charge < -0.3 is 25.5 Å². The van der Waals surface area contributed by atoms with Crippen LogP contribution in [0.3, 0.4) is 0 Å². The summed E-state index contributed by atoms with van der Waals surface area (Å²) in [6.07, 6.45) is 1.06. The molecule has 0 bridgehead atoms. The topological polar surface area (TPSA) is 178 Å². The zero-order chi connectivity index (χ0) is 30.9. The number of amides is 2. The average molecular weight is 635 g/mol. The molecule has 0 spiro atoms. The predicted molar refractivity (Wildman–Crippen MR) is 152 cm³/mol. The Balaban J connectivity index is 1.54. The second kappa shape index (κ2) is 12.0. The highest BCUT2D eigenvalue weighted by molar-refractivity contribution is 7.90. The van der Waals surface area contributed by atoms with Gasteiger partial charge in [-0.25, -0.2) is 18.0 Å². The first-order chi connectivity index (χ1) is 19.7. The molecule has 0 aromatic heterocycles. The number of carboxylic acid groups (broad SMARTS) is 2. The lowest BCUT2D eigenvalue weighted by Crippen LogP contribution is -2.42. The molecule has 1 atom stereocenters. The number of carboxylic acids is 2. The standard InChI is InChI=1S/C28H24Cl2N2O9S/c1-42(40,41)17-4-2-3-14(9-17)10-21(28(38)39)31-25(34)23-20(29)11-16-13-32(8-7-18(16)24(23)30)26(35)15-5-6-19(27(36)37)22(33)12-15/h2-6,9,11-12,21,33H,7-8,10,13H2,1H3,(H,31,34)(H,36,37)(H,38,39)/t21-/m0/s1. The van der Waals surface area contributed by atoms with Gasteiger partial charge in [-0.2, -0.15) is 0 Å². The number of sulfone groups is 1. The van der Waals surface area contributed by atoms with Crippen molar-refractivity contribution in [3.05, 3.63) is 92.0 Å². The molecule has 0 radical (unpaired) electrons. The zero-order valence-corrected chi connectivity index (χ0v) is 24.3. The Bertz CT molecular complexity index is 1740. The van der Waals surface area contributed by atoms with Crippen molar-refractivity contribution in [2.75, 3.05) is 12.8 Å². The van der Waals surface area contributed by atoms with Gasteiger partial charge in [0.1, 0.15) is 17.4 Å². The Morgan fingerprint density at radius 2 is 1.76 bits per heavy atom. The molecule has 42 heavy (non-hydrogen) atoms. The lowest BCUT2D eigenvalue weighted by Gasteiger charge is -2.30. The van der Waals surface area contributed by atoms with Crippen molar-refractivity contribution in [2.24, 2.45) is 0 Å². The third-order valence-electron chi connectivity index (χ3n) is 6.76. The number of fused-ring (bicyclic) bond motifs is 1. The fraction of sp³-hybridized carbons (Fsp3) is 0.214. The van der Waals surface area contributed by atoms with Gasteiger partial charge >= 0.3 is 11.9 Å². The predicted octanol–water partition coefficient (Wildman–Crippen LogP) is 3.42. The van der Waals surface area contributed by atoms with Gasteiger partial charge in [-0.05, 0) is 59.5 Å². The van der Waals surface area contributed by atoms with Gasteiger partial charge in [0.15, 0.2) is 9.84 Å². The molecule has 4 rings (SSSR count). The van der Waals surface area contributed by atoms with Crippen molar-refractivity contribution in [3.63, 3.8) is 0 Å². The van der Waals surface area contributed by atoms with Crippen LogP contribution in [0.1, 0.15) is 47.8 Å². The summed E-state index contributed by atoms with van der Waals surface area (Å²) < 4.78 is 23.7. The van der Waals surface area contributed by atoms with E-state index in [1.165, 1.54) is 35.2 Å². The molecule has 1 aliphatic rings. The minimum absolute atomic E-state index is 0.00812. The van der Waals surface area contributed by atoms with Crippen molar-refractivity contribution in [1.29, 1.82) is 0 Å². The molecule has 3 aromatic carbocycles. The number of aliphatic carboxylic acids is 1. The summed E-state index contributed by atoms with van der Waals surface area (Å²) in [5.41, 5.74) is 1.08. The van der Waals surface area contributed by atoms with Gasteiger partial charge in [0.2, 0.25) is 0 Å². The van der Waals surface area contributed by atoms with E-state index >= 15 is 0 Å². The lowest BCUT2D eigenvalue weighted by atomic mass is 9.95. The van der Waals surface area contributed by atoms with Crippen LogP contribution < -0.4 is 5.32 Å².